The lowest BCUT2D eigenvalue weighted by molar-refractivity contribution is 0.355. The molecule has 0 aromatic heterocycles. The largest absolute Gasteiger partial charge is 0.380 e. The fourth-order valence-corrected chi connectivity index (χ4v) is 3.35. The summed E-state index contributed by atoms with van der Waals surface area (Å²) in [6.45, 7) is 9.00. The molecule has 0 aliphatic carbocycles. The monoisotopic (exact) mass is 223 g/mol. The molecule has 15 heavy (non-hydrogen) atoms. The van der Waals surface area contributed by atoms with Gasteiger partial charge in [-0.15, -0.1) is 0 Å². The van der Waals surface area contributed by atoms with Crippen LogP contribution in [-0.2, 0) is 5.41 Å². The number of hydrogen-bond donors (Lipinski definition) is 1. The molecule has 2 heteroatoms. The van der Waals surface area contributed by atoms with Crippen LogP contribution in [0.15, 0.2) is 18.2 Å². The minimum absolute atomic E-state index is 0.140. The smallest absolute Gasteiger partial charge is 0.0464 e. The van der Waals surface area contributed by atoms with E-state index >= 15 is 0 Å². The Hall–Kier alpha value is -0.690. The highest BCUT2D eigenvalue weighted by atomic mass is 35.5. The Morgan fingerprint density at radius 3 is 2.53 bits per heavy atom. The van der Waals surface area contributed by atoms with E-state index in [2.05, 4.69) is 39.1 Å². The average molecular weight is 224 g/mol. The first-order valence-corrected chi connectivity index (χ1v) is 5.77. The number of halogens is 1. The van der Waals surface area contributed by atoms with E-state index in [0.29, 0.717) is 0 Å². The van der Waals surface area contributed by atoms with E-state index in [9.17, 15) is 0 Å². The molecule has 0 amide bonds. The van der Waals surface area contributed by atoms with Gasteiger partial charge in [-0.25, -0.2) is 0 Å². The molecule has 0 bridgehead atoms. The lowest BCUT2D eigenvalue weighted by atomic mass is 9.71. The van der Waals surface area contributed by atoms with E-state index in [1.54, 1.807) is 0 Å². The molecule has 1 aromatic carbocycles. The van der Waals surface area contributed by atoms with Gasteiger partial charge in [0.1, 0.15) is 0 Å². The van der Waals surface area contributed by atoms with Crippen molar-refractivity contribution in [3.8, 4) is 0 Å². The number of benzene rings is 1. The van der Waals surface area contributed by atoms with Crippen LogP contribution in [0.2, 0.25) is 5.02 Å². The molecular formula is C13H18ClN. The quantitative estimate of drug-likeness (QED) is 0.695. The van der Waals surface area contributed by atoms with Gasteiger partial charge in [0, 0.05) is 16.2 Å². The van der Waals surface area contributed by atoms with Crippen LogP contribution in [0.4, 0.5) is 5.69 Å². The van der Waals surface area contributed by atoms with E-state index < -0.39 is 0 Å². The average Bonchev–Trinajstić information content (AvgIpc) is 1.97. The number of hydrogen-bond acceptors (Lipinski definition) is 1. The van der Waals surface area contributed by atoms with Gasteiger partial charge in [-0.3, -0.25) is 0 Å². The summed E-state index contributed by atoms with van der Waals surface area (Å²) < 4.78 is 0. The molecular weight excluding hydrogens is 206 g/mol. The zero-order valence-corrected chi connectivity index (χ0v) is 10.6. The summed E-state index contributed by atoms with van der Waals surface area (Å²) in [6, 6.07) is 6.09. The lowest BCUT2D eigenvalue weighted by Crippen LogP contribution is -2.43. The van der Waals surface area contributed by atoms with Crippen molar-refractivity contribution in [2.24, 2.45) is 0 Å². The Balaban J connectivity index is 2.60. The Morgan fingerprint density at radius 1 is 1.20 bits per heavy atom. The molecule has 82 valence electrons. The molecule has 1 heterocycles. The minimum atomic E-state index is 0.140. The van der Waals surface area contributed by atoms with Gasteiger partial charge in [0.2, 0.25) is 0 Å². The van der Waals surface area contributed by atoms with Crippen molar-refractivity contribution >= 4 is 17.3 Å². The van der Waals surface area contributed by atoms with Crippen molar-refractivity contribution < 1.29 is 0 Å². The summed E-state index contributed by atoms with van der Waals surface area (Å²) >= 11 is 6.28. The maximum absolute atomic E-state index is 6.28. The molecule has 0 radical (unpaired) electrons. The fourth-order valence-electron chi connectivity index (χ4n) is 2.92. The molecule has 1 N–H and O–H groups in total. The fraction of sp³-hybridized carbons (Fsp3) is 0.538. The first-order valence-electron chi connectivity index (χ1n) is 5.39. The Morgan fingerprint density at radius 2 is 1.87 bits per heavy atom. The van der Waals surface area contributed by atoms with E-state index in [1.165, 1.54) is 11.3 Å². The summed E-state index contributed by atoms with van der Waals surface area (Å²) in [4.78, 5) is 0. The zero-order valence-electron chi connectivity index (χ0n) is 9.82. The van der Waals surface area contributed by atoms with E-state index in [4.69, 9.17) is 11.6 Å². The number of fused-ring (bicyclic) bond motifs is 1. The summed E-state index contributed by atoms with van der Waals surface area (Å²) in [5, 5.41) is 4.42. The second-order valence-corrected chi connectivity index (χ2v) is 6.14. The van der Waals surface area contributed by atoms with Crippen molar-refractivity contribution in [3.63, 3.8) is 0 Å². The number of nitrogens with one attached hydrogen (secondary N) is 1. The van der Waals surface area contributed by atoms with Crippen LogP contribution in [0, 0.1) is 0 Å². The van der Waals surface area contributed by atoms with Crippen LogP contribution in [-0.4, -0.2) is 5.54 Å². The molecule has 2 rings (SSSR count). The maximum atomic E-state index is 6.28. The van der Waals surface area contributed by atoms with Gasteiger partial charge < -0.3 is 5.32 Å². The van der Waals surface area contributed by atoms with Gasteiger partial charge in [0.25, 0.3) is 0 Å². The van der Waals surface area contributed by atoms with Gasteiger partial charge in [-0.05, 0) is 43.4 Å². The van der Waals surface area contributed by atoms with Gasteiger partial charge in [-0.1, -0.05) is 31.5 Å². The summed E-state index contributed by atoms with van der Waals surface area (Å²) in [7, 11) is 0. The predicted octanol–water partition coefficient (Wildman–Crippen LogP) is 4.21. The molecule has 1 nitrogen and oxygen atoms in total. The molecule has 1 aliphatic heterocycles. The molecule has 0 saturated carbocycles. The highest BCUT2D eigenvalue weighted by Gasteiger charge is 2.38. The maximum Gasteiger partial charge on any atom is 0.0464 e. The van der Waals surface area contributed by atoms with E-state index in [1.807, 2.05) is 12.1 Å². The third-order valence-electron chi connectivity index (χ3n) is 3.05. The SMILES string of the molecule is CC1(C)CC(C)(C)c2c(Cl)cccc2N1. The molecule has 1 aliphatic rings. The van der Waals surface area contributed by atoms with Crippen LogP contribution in [0.5, 0.6) is 0 Å². The molecule has 0 spiro atoms. The molecule has 0 unspecified atom stereocenters. The van der Waals surface area contributed by atoms with Crippen LogP contribution in [0.3, 0.4) is 0 Å². The normalized spacial score (nSPS) is 21.7. The van der Waals surface area contributed by atoms with Gasteiger partial charge in [0.05, 0.1) is 0 Å². The number of rotatable bonds is 0. The molecule has 0 fully saturated rings. The molecule has 0 atom stereocenters. The highest BCUT2D eigenvalue weighted by Crippen LogP contribution is 2.45. The first-order chi connectivity index (χ1) is 6.82. The van der Waals surface area contributed by atoms with Crippen molar-refractivity contribution in [1.29, 1.82) is 0 Å². The van der Waals surface area contributed by atoms with Gasteiger partial charge >= 0.3 is 0 Å². The van der Waals surface area contributed by atoms with Crippen LogP contribution < -0.4 is 5.32 Å². The van der Waals surface area contributed by atoms with Crippen molar-refractivity contribution in [2.45, 2.75) is 45.1 Å². The first kappa shape index (κ1) is 10.8. The van der Waals surface area contributed by atoms with Crippen LogP contribution >= 0.6 is 11.6 Å². The van der Waals surface area contributed by atoms with Gasteiger partial charge in [-0.2, -0.15) is 0 Å². The standard InChI is InChI=1S/C13H18ClN/c1-12(2)8-13(3,4)15-10-7-5-6-9(14)11(10)12/h5-7,15H,8H2,1-4H3. The van der Waals surface area contributed by atoms with E-state index in [0.717, 1.165) is 11.4 Å². The minimum Gasteiger partial charge on any atom is -0.380 e. The third kappa shape index (κ3) is 1.85. The molecule has 0 saturated heterocycles. The Kier molecular flexibility index (Phi) is 2.27. The topological polar surface area (TPSA) is 12.0 Å². The third-order valence-corrected chi connectivity index (χ3v) is 3.36. The van der Waals surface area contributed by atoms with Crippen LogP contribution in [0.1, 0.15) is 39.7 Å². The van der Waals surface area contributed by atoms with Crippen molar-refractivity contribution in [2.75, 3.05) is 5.32 Å². The van der Waals surface area contributed by atoms with Crippen molar-refractivity contribution in [1.82, 2.24) is 0 Å². The summed E-state index contributed by atoms with van der Waals surface area (Å²) in [5.41, 5.74) is 2.72. The van der Waals surface area contributed by atoms with E-state index in [-0.39, 0.29) is 11.0 Å². The Labute approximate surface area is 96.8 Å². The van der Waals surface area contributed by atoms with Crippen LogP contribution in [0.25, 0.3) is 0 Å². The second kappa shape index (κ2) is 3.15. The molecule has 1 aromatic rings. The summed E-state index contributed by atoms with van der Waals surface area (Å²) in [5.74, 6) is 0. The van der Waals surface area contributed by atoms with Gasteiger partial charge in [0.15, 0.2) is 0 Å². The Bertz CT molecular complexity index is 394. The second-order valence-electron chi connectivity index (χ2n) is 5.73. The predicted molar refractivity (Wildman–Crippen MR) is 66.8 cm³/mol. The zero-order chi connectivity index (χ0) is 11.3. The lowest BCUT2D eigenvalue weighted by Gasteiger charge is -2.44. The van der Waals surface area contributed by atoms with Crippen molar-refractivity contribution in [3.05, 3.63) is 28.8 Å². The summed E-state index contributed by atoms with van der Waals surface area (Å²) in [6.07, 6.45) is 1.09. The highest BCUT2D eigenvalue weighted by molar-refractivity contribution is 6.32. The number of anilines is 1.